The molecule has 0 aliphatic carbocycles. The van der Waals surface area contributed by atoms with Crippen LogP contribution >= 0.6 is 22.9 Å². The van der Waals surface area contributed by atoms with Gasteiger partial charge in [-0.3, -0.25) is 9.59 Å². The second-order valence-electron chi connectivity index (χ2n) is 8.29. The molecule has 2 amide bonds. The Morgan fingerprint density at radius 2 is 1.73 bits per heavy atom. The zero-order valence-electron chi connectivity index (χ0n) is 18.8. The van der Waals surface area contributed by atoms with Crippen LogP contribution in [0.5, 0.6) is 0 Å². The lowest BCUT2D eigenvalue weighted by Crippen LogP contribution is -2.48. The maximum atomic E-state index is 12.8. The Labute approximate surface area is 202 Å². The number of carbonyl (C=O) groups excluding carboxylic acids is 2. The molecule has 0 bridgehead atoms. The quantitative estimate of drug-likeness (QED) is 0.557. The Bertz CT molecular complexity index is 1130. The number of rotatable bonds is 5. The number of halogens is 1. The lowest BCUT2D eigenvalue weighted by atomic mass is 10.1. The molecule has 1 N–H and O–H groups in total. The van der Waals surface area contributed by atoms with Gasteiger partial charge in [-0.2, -0.15) is 0 Å². The van der Waals surface area contributed by atoms with Crippen molar-refractivity contribution in [1.29, 1.82) is 0 Å². The highest BCUT2D eigenvalue weighted by Crippen LogP contribution is 2.28. The maximum Gasteiger partial charge on any atom is 0.263 e. The lowest BCUT2D eigenvalue weighted by Gasteiger charge is -2.35. The number of benzene rings is 2. The summed E-state index contributed by atoms with van der Waals surface area (Å²) in [7, 11) is 0. The van der Waals surface area contributed by atoms with E-state index in [4.69, 9.17) is 16.3 Å². The predicted octanol–water partition coefficient (Wildman–Crippen LogP) is 4.95. The topological polar surface area (TPSA) is 71.5 Å². The third-order valence-electron chi connectivity index (χ3n) is 5.45. The molecule has 1 fully saturated rings. The maximum absolute atomic E-state index is 12.8. The molecule has 2 heterocycles. The minimum absolute atomic E-state index is 0.00241. The number of amides is 2. The van der Waals surface area contributed by atoms with E-state index in [-0.39, 0.29) is 24.0 Å². The van der Waals surface area contributed by atoms with Crippen molar-refractivity contribution in [2.24, 2.45) is 0 Å². The number of nitrogens with zero attached hydrogens (tertiary/aromatic N) is 2. The minimum atomic E-state index is -0.165. The summed E-state index contributed by atoms with van der Waals surface area (Å²) in [5.74, 6) is -0.163. The summed E-state index contributed by atoms with van der Waals surface area (Å²) in [5, 5.41) is 4.39. The number of aryl methyl sites for hydroxylation is 1. The molecule has 6 nitrogen and oxygen atoms in total. The molecule has 172 valence electrons. The van der Waals surface area contributed by atoms with Crippen LogP contribution in [-0.4, -0.2) is 47.0 Å². The molecule has 2 atom stereocenters. The third-order valence-corrected chi connectivity index (χ3v) is 6.91. The number of hydrogen-bond acceptors (Lipinski definition) is 5. The van der Waals surface area contributed by atoms with Crippen LogP contribution in [0.25, 0.3) is 10.6 Å². The number of ether oxygens (including phenoxy) is 1. The molecule has 1 aliphatic heterocycles. The summed E-state index contributed by atoms with van der Waals surface area (Å²) in [6.07, 6.45) is 0.0604. The van der Waals surface area contributed by atoms with Gasteiger partial charge in [-0.05, 0) is 50.6 Å². The van der Waals surface area contributed by atoms with Gasteiger partial charge in [0.15, 0.2) is 0 Å². The summed E-state index contributed by atoms with van der Waals surface area (Å²) >= 11 is 7.31. The summed E-state index contributed by atoms with van der Waals surface area (Å²) in [5.41, 5.74) is 3.18. The second-order valence-corrected chi connectivity index (χ2v) is 9.72. The van der Waals surface area contributed by atoms with E-state index in [9.17, 15) is 9.59 Å². The van der Waals surface area contributed by atoms with Gasteiger partial charge in [-0.1, -0.05) is 35.9 Å². The highest BCUT2D eigenvalue weighted by Gasteiger charge is 2.26. The molecule has 4 rings (SSSR count). The molecule has 2 unspecified atom stereocenters. The standard InChI is InChI=1S/C25H26ClN3O3S/c1-15-13-29(14-16(2)32-15)25(31)20-6-4-18(5-7-20)12-27-23(30)22-17(3)28-24(33-22)19-8-10-21(26)11-9-19/h4-11,15-16H,12-14H2,1-3H3,(H,27,30). The van der Waals surface area contributed by atoms with Gasteiger partial charge in [0.1, 0.15) is 9.88 Å². The monoisotopic (exact) mass is 483 g/mol. The van der Waals surface area contributed by atoms with Crippen LogP contribution in [0.15, 0.2) is 48.5 Å². The van der Waals surface area contributed by atoms with Gasteiger partial charge >= 0.3 is 0 Å². The Morgan fingerprint density at radius 1 is 1.09 bits per heavy atom. The molecule has 1 aliphatic rings. The molecule has 0 saturated carbocycles. The lowest BCUT2D eigenvalue weighted by molar-refractivity contribution is -0.0586. The van der Waals surface area contributed by atoms with Crippen molar-refractivity contribution in [3.8, 4) is 10.6 Å². The largest absolute Gasteiger partial charge is 0.372 e. The average molecular weight is 484 g/mol. The first kappa shape index (κ1) is 23.4. The number of carbonyl (C=O) groups is 2. The predicted molar refractivity (Wildman–Crippen MR) is 131 cm³/mol. The smallest absolute Gasteiger partial charge is 0.263 e. The first-order valence-electron chi connectivity index (χ1n) is 10.9. The highest BCUT2D eigenvalue weighted by molar-refractivity contribution is 7.17. The molecule has 0 radical (unpaired) electrons. The fraction of sp³-hybridized carbons (Fsp3) is 0.320. The number of aromatic nitrogens is 1. The fourth-order valence-corrected chi connectivity index (χ4v) is 4.99. The zero-order valence-corrected chi connectivity index (χ0v) is 20.4. The van der Waals surface area contributed by atoms with Crippen molar-refractivity contribution in [1.82, 2.24) is 15.2 Å². The van der Waals surface area contributed by atoms with E-state index in [1.165, 1.54) is 11.3 Å². The van der Waals surface area contributed by atoms with Crippen LogP contribution in [0.1, 0.15) is 45.1 Å². The van der Waals surface area contributed by atoms with Crippen LogP contribution < -0.4 is 5.32 Å². The summed E-state index contributed by atoms with van der Waals surface area (Å²) in [4.78, 5) is 32.5. The van der Waals surface area contributed by atoms with E-state index in [0.717, 1.165) is 16.1 Å². The van der Waals surface area contributed by atoms with Crippen molar-refractivity contribution in [2.45, 2.75) is 39.5 Å². The fourth-order valence-electron chi connectivity index (χ4n) is 3.88. The van der Waals surface area contributed by atoms with Crippen LogP contribution in [0, 0.1) is 6.92 Å². The molecule has 2 aromatic carbocycles. The first-order valence-corrected chi connectivity index (χ1v) is 12.0. The molecule has 0 spiro atoms. The Hall–Kier alpha value is -2.74. The van der Waals surface area contributed by atoms with Crippen molar-refractivity contribution >= 4 is 34.8 Å². The van der Waals surface area contributed by atoms with Crippen molar-refractivity contribution in [3.63, 3.8) is 0 Å². The van der Waals surface area contributed by atoms with E-state index < -0.39 is 0 Å². The molecular weight excluding hydrogens is 458 g/mol. The van der Waals surface area contributed by atoms with Gasteiger partial charge in [0.2, 0.25) is 0 Å². The molecule has 1 aromatic heterocycles. The Morgan fingerprint density at radius 3 is 2.36 bits per heavy atom. The number of morpholine rings is 1. The summed E-state index contributed by atoms with van der Waals surface area (Å²) < 4.78 is 5.71. The van der Waals surface area contributed by atoms with E-state index in [0.29, 0.717) is 40.8 Å². The normalized spacial score (nSPS) is 18.2. The molecule has 3 aromatic rings. The Kier molecular flexibility index (Phi) is 7.12. The molecule has 1 saturated heterocycles. The molecule has 33 heavy (non-hydrogen) atoms. The van der Waals surface area contributed by atoms with Gasteiger partial charge < -0.3 is 15.0 Å². The van der Waals surface area contributed by atoms with E-state index in [1.807, 2.05) is 74.2 Å². The SMILES string of the molecule is Cc1nc(-c2ccc(Cl)cc2)sc1C(=O)NCc1ccc(C(=O)N2CC(C)OC(C)C2)cc1. The summed E-state index contributed by atoms with van der Waals surface area (Å²) in [6.45, 7) is 7.33. The zero-order chi connectivity index (χ0) is 23.5. The van der Waals surface area contributed by atoms with Gasteiger partial charge in [-0.25, -0.2) is 4.98 Å². The minimum Gasteiger partial charge on any atom is -0.372 e. The summed E-state index contributed by atoms with van der Waals surface area (Å²) in [6, 6.07) is 14.8. The van der Waals surface area contributed by atoms with Gasteiger partial charge in [0, 0.05) is 35.8 Å². The van der Waals surface area contributed by atoms with Crippen LogP contribution in [0.3, 0.4) is 0 Å². The average Bonchev–Trinajstić information content (AvgIpc) is 3.19. The van der Waals surface area contributed by atoms with Gasteiger partial charge in [0.05, 0.1) is 17.9 Å². The third kappa shape index (κ3) is 5.61. The number of nitrogens with one attached hydrogen (secondary N) is 1. The van der Waals surface area contributed by atoms with Crippen LogP contribution in [0.2, 0.25) is 5.02 Å². The van der Waals surface area contributed by atoms with Crippen molar-refractivity contribution < 1.29 is 14.3 Å². The molecular formula is C25H26ClN3O3S. The van der Waals surface area contributed by atoms with Gasteiger partial charge in [-0.15, -0.1) is 11.3 Å². The number of thiazole rings is 1. The van der Waals surface area contributed by atoms with E-state index in [2.05, 4.69) is 10.3 Å². The van der Waals surface area contributed by atoms with Crippen LogP contribution in [-0.2, 0) is 11.3 Å². The van der Waals surface area contributed by atoms with E-state index in [1.54, 1.807) is 0 Å². The molecule has 8 heteroatoms. The van der Waals surface area contributed by atoms with E-state index >= 15 is 0 Å². The second kappa shape index (κ2) is 10.0. The highest BCUT2D eigenvalue weighted by atomic mass is 35.5. The van der Waals surface area contributed by atoms with Gasteiger partial charge in [0.25, 0.3) is 11.8 Å². The van der Waals surface area contributed by atoms with Crippen molar-refractivity contribution in [2.75, 3.05) is 13.1 Å². The Balaban J connectivity index is 1.37. The number of hydrogen-bond donors (Lipinski definition) is 1. The van der Waals surface area contributed by atoms with Crippen molar-refractivity contribution in [3.05, 3.63) is 75.3 Å². The first-order chi connectivity index (χ1) is 15.8. The van der Waals surface area contributed by atoms with Crippen LogP contribution in [0.4, 0.5) is 0 Å².